The maximum Gasteiger partial charge on any atom is 0.209 e. The van der Waals surface area contributed by atoms with E-state index in [4.69, 9.17) is 20.3 Å². The first-order valence-corrected chi connectivity index (χ1v) is 34.3. The average Bonchev–Trinajstić information content (AvgIpc) is 1.78. The summed E-state index contributed by atoms with van der Waals surface area (Å²) in [5.41, 5.74) is 18.5. The summed E-state index contributed by atoms with van der Waals surface area (Å²) in [5.74, 6) is 1.02. The second-order valence-electron chi connectivity index (χ2n) is 26.2. The van der Waals surface area contributed by atoms with Crippen LogP contribution in [0.2, 0.25) is 0 Å². The Morgan fingerprint density at radius 3 is 2.20 bits per heavy atom. The van der Waals surface area contributed by atoms with E-state index in [0.29, 0.717) is 43.5 Å². The molecule has 2 aromatic heterocycles. The van der Waals surface area contributed by atoms with Crippen LogP contribution in [0.5, 0.6) is 0 Å². The van der Waals surface area contributed by atoms with Crippen LogP contribution in [0.25, 0.3) is 10.4 Å². The summed E-state index contributed by atoms with van der Waals surface area (Å²) in [7, 11) is 2.85. The minimum Gasteiger partial charge on any atom is -0.400 e. The number of unbranched alkanes of at least 4 members (excludes halogenated alkanes) is 2. The van der Waals surface area contributed by atoms with Crippen molar-refractivity contribution >= 4 is 41.5 Å². The molecule has 2 aromatic carbocycles. The summed E-state index contributed by atoms with van der Waals surface area (Å²) in [6.45, 7) is 33.3. The van der Waals surface area contributed by atoms with Gasteiger partial charge in [0.25, 0.3) is 0 Å². The number of piperazine rings is 1. The molecule has 3 unspecified atom stereocenters. The minimum atomic E-state index is -0.344. The van der Waals surface area contributed by atoms with Gasteiger partial charge in [0.2, 0.25) is 12.8 Å². The van der Waals surface area contributed by atoms with Crippen LogP contribution in [0.15, 0.2) is 89.0 Å². The van der Waals surface area contributed by atoms with Crippen molar-refractivity contribution in [1.82, 2.24) is 40.7 Å². The lowest BCUT2D eigenvalue weighted by molar-refractivity contribution is -0.118. The molecule has 4 saturated heterocycles. The first kappa shape index (κ1) is 74.0. The minimum absolute atomic E-state index is 0.0288. The SMILES string of the molecule is C=C(NCCOCCCCC)C1(C)CCN(Cc2cc(F)c(N3CC(=C4CC4)NC4(CCN(c5cc(NC)ncn5)CC4)C3)cc2F)CC1.CC1CCCN1C=O.CCCOCC(=C1CC1)C(C)(C)C(C)N.CO.Cc1ncsc1-c1ccc(C(C)NC=O)cc1. The third kappa shape index (κ3) is 21.8. The number of aromatic nitrogens is 3. The fourth-order valence-corrected chi connectivity index (χ4v) is 12.9. The van der Waals surface area contributed by atoms with Gasteiger partial charge >= 0.3 is 0 Å². The van der Waals surface area contributed by atoms with Gasteiger partial charge in [0, 0.05) is 119 Å². The van der Waals surface area contributed by atoms with Crippen LogP contribution in [0, 0.1) is 29.4 Å². The highest BCUT2D eigenvalue weighted by molar-refractivity contribution is 7.13. The molecule has 20 heteroatoms. The number of hydrogen-bond acceptors (Lipinski definition) is 16. The molecule has 3 atom stereocenters. The van der Waals surface area contributed by atoms with Crippen molar-refractivity contribution in [2.45, 2.75) is 182 Å². The summed E-state index contributed by atoms with van der Waals surface area (Å²) in [5, 5.41) is 20.2. The van der Waals surface area contributed by atoms with Crippen LogP contribution in [-0.4, -0.2) is 153 Å². The van der Waals surface area contributed by atoms with Crippen molar-refractivity contribution in [2.75, 3.05) is 108 Å². The van der Waals surface area contributed by atoms with Crippen LogP contribution in [-0.2, 0) is 25.6 Å². The topological polar surface area (TPSA) is 199 Å². The number of anilines is 3. The first-order valence-electron chi connectivity index (χ1n) is 33.4. The zero-order valence-corrected chi connectivity index (χ0v) is 57.7. The number of allylic oxidation sites excluding steroid dienone is 3. The maximum atomic E-state index is 16.0. The van der Waals surface area contributed by atoms with Gasteiger partial charge in [0.1, 0.15) is 29.6 Å². The Hall–Kier alpha value is -6.03. The van der Waals surface area contributed by atoms with E-state index in [2.05, 4.69) is 118 Å². The fourth-order valence-electron chi connectivity index (χ4n) is 12.1. The Morgan fingerprint density at radius 1 is 0.912 bits per heavy atom. The summed E-state index contributed by atoms with van der Waals surface area (Å²) >= 11 is 1.64. The summed E-state index contributed by atoms with van der Waals surface area (Å²) in [6, 6.07) is 13.8. The molecule has 2 amide bonds. The van der Waals surface area contributed by atoms with Crippen LogP contribution in [0.3, 0.4) is 0 Å². The van der Waals surface area contributed by atoms with Crippen molar-refractivity contribution in [1.29, 1.82) is 0 Å². The van der Waals surface area contributed by atoms with Crippen LogP contribution in [0.1, 0.15) is 168 Å². The number of carbonyl (C=O) groups is 2. The molecule has 91 heavy (non-hydrogen) atoms. The highest BCUT2D eigenvalue weighted by atomic mass is 32.1. The van der Waals surface area contributed by atoms with Gasteiger partial charge in [0.05, 0.1) is 53.1 Å². The number of nitrogens with two attached hydrogens (primary N) is 1. The van der Waals surface area contributed by atoms with Gasteiger partial charge < -0.3 is 56.3 Å². The monoisotopic (exact) mass is 1280 g/mol. The molecule has 10 rings (SSSR count). The zero-order chi connectivity index (χ0) is 66.1. The van der Waals surface area contributed by atoms with E-state index in [1.165, 1.54) is 77.9 Å². The number of nitrogens with zero attached hydrogens (tertiary/aromatic N) is 7. The predicted molar refractivity (Wildman–Crippen MR) is 368 cm³/mol. The van der Waals surface area contributed by atoms with E-state index in [9.17, 15) is 9.59 Å². The van der Waals surface area contributed by atoms with E-state index >= 15 is 8.78 Å². The van der Waals surface area contributed by atoms with E-state index in [-0.39, 0.29) is 40.1 Å². The van der Waals surface area contributed by atoms with Gasteiger partial charge in [0.15, 0.2) is 0 Å². The molecule has 2 saturated carbocycles. The maximum absolute atomic E-state index is 16.0. The van der Waals surface area contributed by atoms with Crippen molar-refractivity contribution < 1.29 is 33.0 Å². The number of halogens is 2. The highest BCUT2D eigenvalue weighted by Crippen LogP contribution is 2.43. The molecule has 504 valence electrons. The first-order chi connectivity index (χ1) is 43.8. The molecule has 0 bridgehead atoms. The number of ether oxygens (including phenoxy) is 2. The van der Waals surface area contributed by atoms with E-state index in [1.807, 2.05) is 49.5 Å². The third-order valence-corrected chi connectivity index (χ3v) is 20.0. The third-order valence-electron chi connectivity index (χ3n) is 19.1. The lowest BCUT2D eigenvalue weighted by Crippen LogP contribution is -2.63. The van der Waals surface area contributed by atoms with Crippen molar-refractivity contribution in [3.8, 4) is 10.4 Å². The largest absolute Gasteiger partial charge is 0.400 e. The number of piperidine rings is 2. The number of aliphatic hydroxyl groups excluding tert-OH is 1. The number of carbonyl (C=O) groups excluding carboxylic acids is 2. The normalized spacial score (nSPS) is 18.7. The molecule has 6 aliphatic rings. The molecule has 4 aliphatic heterocycles. The Morgan fingerprint density at radius 2 is 1.63 bits per heavy atom. The zero-order valence-electron chi connectivity index (χ0n) is 56.8. The molecule has 6 heterocycles. The number of aliphatic hydroxyl groups is 1. The molecule has 2 aliphatic carbocycles. The number of thiazole rings is 1. The summed E-state index contributed by atoms with van der Waals surface area (Å²) in [4.78, 5) is 43.1. The van der Waals surface area contributed by atoms with Gasteiger partial charge in [-0.05, 0) is 146 Å². The van der Waals surface area contributed by atoms with E-state index in [0.717, 1.165) is 159 Å². The number of hydrogen-bond donors (Lipinski definition) is 6. The van der Waals surface area contributed by atoms with Crippen LogP contribution >= 0.6 is 11.3 Å². The number of rotatable bonds is 25. The smallest absolute Gasteiger partial charge is 0.209 e. The molecule has 7 N–H and O–H groups in total. The predicted octanol–water partition coefficient (Wildman–Crippen LogP) is 12.2. The molecular weight excluding hydrogens is 1170 g/mol. The average molecular weight is 1280 g/mol. The molecule has 17 nitrogen and oxygen atoms in total. The van der Waals surface area contributed by atoms with Crippen molar-refractivity contribution in [2.24, 2.45) is 16.6 Å². The second kappa shape index (κ2) is 36.4. The van der Waals surface area contributed by atoms with Gasteiger partial charge in [-0.15, -0.1) is 11.3 Å². The molecule has 1 spiro atoms. The second-order valence-corrected chi connectivity index (χ2v) is 27.0. The van der Waals surface area contributed by atoms with E-state index < -0.39 is 0 Å². The highest BCUT2D eigenvalue weighted by Gasteiger charge is 2.43. The summed E-state index contributed by atoms with van der Waals surface area (Å²) in [6.07, 6.45) is 18.5. The molecule has 4 aromatic rings. The lowest BCUT2D eigenvalue weighted by atomic mass is 9.77. The molecule has 6 fully saturated rings. The Balaban J connectivity index is 0.000000252. The van der Waals surface area contributed by atoms with E-state index in [1.54, 1.807) is 23.2 Å². The number of amides is 2. The van der Waals surface area contributed by atoms with Crippen molar-refractivity contribution in [3.63, 3.8) is 0 Å². The number of benzene rings is 2. The number of likely N-dealkylation sites (tertiary alicyclic amines) is 2. The summed E-state index contributed by atoms with van der Waals surface area (Å²) < 4.78 is 43.2. The van der Waals surface area contributed by atoms with Gasteiger partial charge in [-0.1, -0.05) is 83.9 Å². The number of aryl methyl sites for hydroxylation is 1. The van der Waals surface area contributed by atoms with Crippen LogP contribution < -0.4 is 36.8 Å². The fraction of sp³-hybridized carbons (Fsp3) is 0.620. The quantitative estimate of drug-likeness (QED) is 0.0208. The molecular formula is C71H110F2N12O5S. The Bertz CT molecular complexity index is 2950. The standard InChI is InChI=1S/C38H56F2N8O.C13H14N2OS.C13H25NO.C6H11NO.CH4O/c1-5-6-7-19-49-20-14-42-28(2)37(3)10-15-46(16-11-37)24-30-21-32(40)34(22-31(30)39)48-25-33(29-8-9-29)45-38(26-48)12-17-47(18-13-38)36-23-35(41-4)43-27-44-36;1-9(14-7-16)11-3-5-12(6-4-11)13-10(2)15-8-17-13;1-5-8-15-9-12(11-6-7-11)13(3,4)10(2)14;1-6-3-2-4-7(6)5-8;1-2/h21-23,27,42,45H,2,5-20,24-26H2,1,3-4H3,(H,41,43,44);3-9H,1-2H3,(H,14,16);10H,5-9,14H2,1-4H3;5-6H,2-4H2,1H3;2H,1H3. The Kier molecular flexibility index (Phi) is 29.6. The van der Waals surface area contributed by atoms with Gasteiger partial charge in [-0.3, -0.25) is 14.5 Å². The number of nitrogens with one attached hydrogen (secondary N) is 4. The molecule has 0 radical (unpaired) electrons. The van der Waals surface area contributed by atoms with Crippen LogP contribution in [0.4, 0.5) is 26.1 Å². The van der Waals surface area contributed by atoms with Crippen molar-refractivity contribution in [3.05, 3.63) is 117 Å². The van der Waals surface area contributed by atoms with Gasteiger partial charge in [-0.25, -0.2) is 23.7 Å². The Labute approximate surface area is 547 Å². The lowest BCUT2D eigenvalue weighted by Gasteiger charge is -2.50. The van der Waals surface area contributed by atoms with Gasteiger partial charge in [-0.2, -0.15) is 0 Å².